The van der Waals surface area contributed by atoms with Crippen LogP contribution in [-0.4, -0.2) is 35.9 Å². The van der Waals surface area contributed by atoms with Gasteiger partial charge in [-0.2, -0.15) is 9.49 Å². The van der Waals surface area contributed by atoms with Crippen LogP contribution in [-0.2, 0) is 4.79 Å². The van der Waals surface area contributed by atoms with Crippen molar-refractivity contribution in [3.8, 4) is 5.69 Å². The van der Waals surface area contributed by atoms with Gasteiger partial charge in [-0.25, -0.2) is 9.67 Å². The van der Waals surface area contributed by atoms with Gasteiger partial charge in [0.2, 0.25) is 11.7 Å². The van der Waals surface area contributed by atoms with Crippen LogP contribution in [0.3, 0.4) is 0 Å². The summed E-state index contributed by atoms with van der Waals surface area (Å²) in [4.78, 5) is 40.6. The number of hydrogen-bond donors (Lipinski definition) is 1. The van der Waals surface area contributed by atoms with Crippen molar-refractivity contribution >= 4 is 40.1 Å². The van der Waals surface area contributed by atoms with Gasteiger partial charge < -0.3 is 5.32 Å². The lowest BCUT2D eigenvalue weighted by Crippen LogP contribution is -2.27. The number of nitro benzene ring substituents is 1. The summed E-state index contributed by atoms with van der Waals surface area (Å²) >= 11 is 1.36. The molecule has 0 saturated heterocycles. The van der Waals surface area contributed by atoms with Gasteiger partial charge >= 0.3 is 5.69 Å². The van der Waals surface area contributed by atoms with Crippen LogP contribution in [0.25, 0.3) is 16.7 Å². The maximum atomic E-state index is 13.5. The molecule has 10 nitrogen and oxygen atoms in total. The molecule has 12 heteroatoms. The highest BCUT2D eigenvalue weighted by atomic mass is 32.2. The molecule has 0 radical (unpaired) electrons. The van der Waals surface area contributed by atoms with E-state index in [9.17, 15) is 24.1 Å². The molecule has 1 atom stereocenters. The van der Waals surface area contributed by atoms with E-state index < -0.39 is 28.4 Å². The molecule has 1 N–H and O–H groups in total. The number of halogens is 1. The Labute approximate surface area is 195 Å². The number of amides is 1. The monoisotopic (exact) mass is 480 g/mol. The van der Waals surface area contributed by atoms with Crippen molar-refractivity contribution in [1.82, 2.24) is 19.3 Å². The van der Waals surface area contributed by atoms with E-state index in [4.69, 9.17) is 0 Å². The van der Waals surface area contributed by atoms with Gasteiger partial charge in [0.05, 0.1) is 22.8 Å². The molecule has 1 unspecified atom stereocenters. The molecule has 1 aliphatic rings. The van der Waals surface area contributed by atoms with Crippen LogP contribution in [0.2, 0.25) is 0 Å². The maximum Gasteiger partial charge on any atom is 0.306 e. The van der Waals surface area contributed by atoms with Gasteiger partial charge in [-0.3, -0.25) is 24.3 Å². The number of fused-ring (bicyclic) bond motifs is 2. The number of hydrogen-bond acceptors (Lipinski definition) is 7. The largest absolute Gasteiger partial charge is 0.326 e. The van der Waals surface area contributed by atoms with Gasteiger partial charge in [-0.1, -0.05) is 30.0 Å². The summed E-state index contributed by atoms with van der Waals surface area (Å²) in [5, 5.41) is 18.7. The second-order valence-electron chi connectivity index (χ2n) is 7.79. The highest BCUT2D eigenvalue weighted by Crippen LogP contribution is 2.34. The third-order valence-electron chi connectivity index (χ3n) is 5.56. The molecular weight excluding hydrogens is 463 g/mol. The minimum atomic E-state index is -0.989. The standard InChI is InChI=1S/C22H17FN6O4S/c1-12-4-2-3-5-17(12)28-20-15(10-24-28)21(31)27-14(11-34-22(27)26-20)9-19(30)25-13-6-7-16(23)18(8-13)29(32)33/h2-8,10,14H,9,11H2,1H3,(H,25,30). The Kier molecular flexibility index (Phi) is 5.36. The van der Waals surface area contributed by atoms with E-state index in [0.717, 1.165) is 23.4 Å². The highest BCUT2D eigenvalue weighted by molar-refractivity contribution is 7.99. The zero-order valence-corrected chi connectivity index (χ0v) is 18.6. The summed E-state index contributed by atoms with van der Waals surface area (Å²) in [6.45, 7) is 1.95. The average Bonchev–Trinajstić information content (AvgIpc) is 3.40. The summed E-state index contributed by atoms with van der Waals surface area (Å²) in [6, 6.07) is 10.3. The average molecular weight is 480 g/mol. The molecule has 3 heterocycles. The topological polar surface area (TPSA) is 125 Å². The molecule has 0 saturated carbocycles. The lowest BCUT2D eigenvalue weighted by Gasteiger charge is -2.13. The van der Waals surface area contributed by atoms with Gasteiger partial charge in [-0.15, -0.1) is 0 Å². The molecule has 34 heavy (non-hydrogen) atoms. The smallest absolute Gasteiger partial charge is 0.306 e. The molecule has 4 aromatic rings. The fraction of sp³-hybridized carbons (Fsp3) is 0.182. The van der Waals surface area contributed by atoms with E-state index in [2.05, 4.69) is 15.4 Å². The van der Waals surface area contributed by atoms with Crippen LogP contribution in [0.4, 0.5) is 15.8 Å². The molecule has 2 aromatic carbocycles. The first kappa shape index (κ1) is 21.8. The van der Waals surface area contributed by atoms with Crippen molar-refractivity contribution < 1.29 is 14.1 Å². The van der Waals surface area contributed by atoms with Gasteiger partial charge in [-0.05, 0) is 30.7 Å². The Morgan fingerprint density at radius 2 is 2.12 bits per heavy atom. The third kappa shape index (κ3) is 3.71. The summed E-state index contributed by atoms with van der Waals surface area (Å²) in [6.07, 6.45) is 1.42. The SMILES string of the molecule is Cc1ccccc1-n1ncc2c(=O)n3c(nc21)SCC3CC(=O)Nc1ccc(F)c([N+](=O)[O-])c1. The second kappa shape index (κ2) is 8.37. The number of nitrogens with zero attached hydrogens (tertiary/aromatic N) is 5. The molecule has 0 spiro atoms. The first-order valence-electron chi connectivity index (χ1n) is 10.3. The van der Waals surface area contributed by atoms with Crippen LogP contribution in [0, 0.1) is 22.9 Å². The predicted molar refractivity (Wildman–Crippen MR) is 124 cm³/mol. The molecule has 1 aliphatic heterocycles. The Bertz CT molecular complexity index is 1530. The first-order chi connectivity index (χ1) is 16.3. The van der Waals surface area contributed by atoms with Crippen LogP contribution in [0.1, 0.15) is 18.0 Å². The highest BCUT2D eigenvalue weighted by Gasteiger charge is 2.30. The molecule has 0 fully saturated rings. The van der Waals surface area contributed by atoms with Crippen molar-refractivity contribution in [3.63, 3.8) is 0 Å². The number of nitro groups is 1. The van der Waals surface area contributed by atoms with Crippen molar-refractivity contribution in [2.45, 2.75) is 24.5 Å². The van der Waals surface area contributed by atoms with Crippen molar-refractivity contribution in [3.05, 3.63) is 80.5 Å². The number of thioether (sulfide) groups is 1. The zero-order chi connectivity index (χ0) is 24.0. The number of carbonyl (C=O) groups excluding carboxylic acids is 1. The number of rotatable bonds is 5. The summed E-state index contributed by atoms with van der Waals surface area (Å²) in [7, 11) is 0. The Balaban J connectivity index is 1.42. The molecule has 0 bridgehead atoms. The van der Waals surface area contributed by atoms with E-state index in [1.54, 1.807) is 4.68 Å². The number of aryl methyl sites for hydroxylation is 1. The van der Waals surface area contributed by atoms with Gasteiger partial charge in [0.1, 0.15) is 5.39 Å². The molecule has 5 rings (SSSR count). The Morgan fingerprint density at radius 3 is 2.88 bits per heavy atom. The Morgan fingerprint density at radius 1 is 1.32 bits per heavy atom. The number of anilines is 1. The van der Waals surface area contributed by atoms with E-state index in [1.807, 2.05) is 31.2 Å². The van der Waals surface area contributed by atoms with Gasteiger partial charge in [0, 0.05) is 23.9 Å². The quantitative estimate of drug-likeness (QED) is 0.263. The molecule has 1 amide bonds. The number of nitrogens with one attached hydrogen (secondary N) is 1. The molecule has 2 aromatic heterocycles. The van der Waals surface area contributed by atoms with E-state index in [-0.39, 0.29) is 17.7 Å². The summed E-state index contributed by atoms with van der Waals surface area (Å²) in [5.74, 6) is -0.983. The number of carbonyl (C=O) groups is 1. The minimum absolute atomic E-state index is 0.0514. The maximum absolute atomic E-state index is 13.5. The van der Waals surface area contributed by atoms with Gasteiger partial charge in [0.15, 0.2) is 10.8 Å². The number of aromatic nitrogens is 4. The zero-order valence-electron chi connectivity index (χ0n) is 17.8. The van der Waals surface area contributed by atoms with Crippen LogP contribution in [0.5, 0.6) is 0 Å². The predicted octanol–water partition coefficient (Wildman–Crippen LogP) is 3.61. The number of para-hydroxylation sites is 1. The first-order valence-corrected chi connectivity index (χ1v) is 11.2. The van der Waals surface area contributed by atoms with Crippen molar-refractivity contribution in [2.75, 3.05) is 11.1 Å². The van der Waals surface area contributed by atoms with Crippen molar-refractivity contribution in [2.24, 2.45) is 0 Å². The van der Waals surface area contributed by atoms with Gasteiger partial charge in [0.25, 0.3) is 5.56 Å². The fourth-order valence-corrected chi connectivity index (χ4v) is 5.05. The van der Waals surface area contributed by atoms with Crippen molar-refractivity contribution in [1.29, 1.82) is 0 Å². The minimum Gasteiger partial charge on any atom is -0.326 e. The van der Waals surface area contributed by atoms with E-state index in [1.165, 1.54) is 28.6 Å². The fourth-order valence-electron chi connectivity index (χ4n) is 3.91. The lowest BCUT2D eigenvalue weighted by molar-refractivity contribution is -0.387. The summed E-state index contributed by atoms with van der Waals surface area (Å²) < 4.78 is 16.7. The van der Waals surface area contributed by atoms with E-state index >= 15 is 0 Å². The number of benzene rings is 2. The second-order valence-corrected chi connectivity index (χ2v) is 8.78. The lowest BCUT2D eigenvalue weighted by atomic mass is 10.2. The molecule has 0 aliphatic carbocycles. The molecular formula is C22H17FN6O4S. The molecule has 172 valence electrons. The van der Waals surface area contributed by atoms with E-state index in [0.29, 0.717) is 21.9 Å². The Hall–Kier alpha value is -4.06. The summed E-state index contributed by atoms with van der Waals surface area (Å²) in [5.41, 5.74) is 1.33. The van der Waals surface area contributed by atoms with Crippen LogP contribution in [0.15, 0.2) is 58.6 Å². The third-order valence-corrected chi connectivity index (χ3v) is 6.66. The normalized spacial score (nSPS) is 14.8. The van der Waals surface area contributed by atoms with Crippen LogP contribution < -0.4 is 10.9 Å². The van der Waals surface area contributed by atoms with Crippen LogP contribution >= 0.6 is 11.8 Å².